The Hall–Kier alpha value is -1.78. The number of carbonyl (C=O) groups is 1. The Morgan fingerprint density at radius 2 is 2.32 bits per heavy atom. The van der Waals surface area contributed by atoms with E-state index >= 15 is 0 Å². The number of pyridine rings is 1. The molecule has 19 heavy (non-hydrogen) atoms. The average Bonchev–Trinajstić information content (AvgIpc) is 2.42. The largest absolute Gasteiger partial charge is 0.481 e. The minimum absolute atomic E-state index is 0.252. The fourth-order valence-corrected chi connectivity index (χ4v) is 1.93. The van der Waals surface area contributed by atoms with Crippen LogP contribution in [0.2, 0.25) is 0 Å². The molecule has 0 fully saturated rings. The molecule has 1 aromatic heterocycles. The Morgan fingerprint density at radius 1 is 1.53 bits per heavy atom. The van der Waals surface area contributed by atoms with E-state index in [2.05, 4.69) is 17.2 Å². The second kappa shape index (κ2) is 8.34. The van der Waals surface area contributed by atoms with Crippen LogP contribution in [-0.2, 0) is 4.79 Å². The van der Waals surface area contributed by atoms with Crippen LogP contribution in [0, 0.1) is 5.92 Å². The van der Waals surface area contributed by atoms with Crippen LogP contribution < -0.4 is 10.1 Å². The Balaban J connectivity index is 2.32. The summed E-state index contributed by atoms with van der Waals surface area (Å²) in [4.78, 5) is 14.6. The van der Waals surface area contributed by atoms with E-state index in [1.54, 1.807) is 13.3 Å². The molecule has 1 heterocycles. The van der Waals surface area contributed by atoms with Gasteiger partial charge in [-0.25, -0.2) is 4.98 Å². The van der Waals surface area contributed by atoms with Crippen LogP contribution in [0.3, 0.4) is 0 Å². The maximum atomic E-state index is 10.5. The van der Waals surface area contributed by atoms with Crippen molar-refractivity contribution in [3.63, 3.8) is 0 Å². The summed E-state index contributed by atoms with van der Waals surface area (Å²) in [6.45, 7) is 2.92. The Kier molecular flexibility index (Phi) is 6.71. The van der Waals surface area contributed by atoms with Gasteiger partial charge in [0.2, 0.25) is 5.88 Å². The fraction of sp³-hybridized carbons (Fsp3) is 0.571. The van der Waals surface area contributed by atoms with Gasteiger partial charge in [0.1, 0.15) is 0 Å². The number of hydrogen-bond acceptors (Lipinski definition) is 4. The third-order valence-electron chi connectivity index (χ3n) is 3.17. The SMILES string of the molecule is CCC(CCNc1ccnc(OC)c1)CCC(=O)O. The predicted octanol–water partition coefficient (Wildman–Crippen LogP) is 2.78. The minimum Gasteiger partial charge on any atom is -0.481 e. The average molecular weight is 266 g/mol. The van der Waals surface area contributed by atoms with Gasteiger partial charge in [-0.05, 0) is 24.8 Å². The van der Waals surface area contributed by atoms with Gasteiger partial charge in [-0.2, -0.15) is 0 Å². The monoisotopic (exact) mass is 266 g/mol. The highest BCUT2D eigenvalue weighted by Crippen LogP contribution is 2.17. The van der Waals surface area contributed by atoms with Crippen molar-refractivity contribution >= 4 is 11.7 Å². The number of hydrogen-bond donors (Lipinski definition) is 2. The van der Waals surface area contributed by atoms with Gasteiger partial charge in [-0.1, -0.05) is 13.3 Å². The van der Waals surface area contributed by atoms with Gasteiger partial charge in [-0.15, -0.1) is 0 Å². The molecule has 0 saturated heterocycles. The van der Waals surface area contributed by atoms with E-state index < -0.39 is 5.97 Å². The maximum absolute atomic E-state index is 10.5. The second-order valence-corrected chi connectivity index (χ2v) is 4.51. The van der Waals surface area contributed by atoms with Crippen molar-refractivity contribution in [1.82, 2.24) is 4.98 Å². The zero-order chi connectivity index (χ0) is 14.1. The van der Waals surface area contributed by atoms with E-state index in [0.29, 0.717) is 11.8 Å². The summed E-state index contributed by atoms with van der Waals surface area (Å²) >= 11 is 0. The Labute approximate surface area is 114 Å². The molecular formula is C14H22N2O3. The second-order valence-electron chi connectivity index (χ2n) is 4.51. The molecule has 0 saturated carbocycles. The van der Waals surface area contributed by atoms with Gasteiger partial charge in [0.05, 0.1) is 7.11 Å². The molecule has 0 aromatic carbocycles. The summed E-state index contributed by atoms with van der Waals surface area (Å²) in [6.07, 6.45) is 4.67. The Morgan fingerprint density at radius 3 is 2.95 bits per heavy atom. The van der Waals surface area contributed by atoms with Gasteiger partial charge >= 0.3 is 5.97 Å². The molecule has 0 aliphatic carbocycles. The normalized spacial score (nSPS) is 11.9. The van der Waals surface area contributed by atoms with E-state index in [0.717, 1.165) is 31.5 Å². The molecule has 0 aliphatic heterocycles. The number of nitrogens with zero attached hydrogens (tertiary/aromatic N) is 1. The van der Waals surface area contributed by atoms with Crippen LogP contribution in [0.15, 0.2) is 18.3 Å². The molecular weight excluding hydrogens is 244 g/mol. The zero-order valence-electron chi connectivity index (χ0n) is 11.6. The summed E-state index contributed by atoms with van der Waals surface area (Å²) in [5.74, 6) is 0.320. The molecule has 0 bridgehead atoms. The van der Waals surface area contributed by atoms with Crippen molar-refractivity contribution < 1.29 is 14.6 Å². The molecule has 1 aromatic rings. The van der Waals surface area contributed by atoms with Crippen molar-refractivity contribution in [3.05, 3.63) is 18.3 Å². The molecule has 0 radical (unpaired) electrons. The van der Waals surface area contributed by atoms with Gasteiger partial charge in [0.25, 0.3) is 0 Å². The summed E-state index contributed by atoms with van der Waals surface area (Å²) in [7, 11) is 1.59. The van der Waals surface area contributed by atoms with Gasteiger partial charge in [0.15, 0.2) is 0 Å². The molecule has 1 unspecified atom stereocenters. The van der Waals surface area contributed by atoms with Gasteiger partial charge < -0.3 is 15.2 Å². The highest BCUT2D eigenvalue weighted by Gasteiger charge is 2.08. The number of ether oxygens (including phenoxy) is 1. The highest BCUT2D eigenvalue weighted by molar-refractivity contribution is 5.66. The van der Waals surface area contributed by atoms with E-state index in [4.69, 9.17) is 9.84 Å². The molecule has 1 rings (SSSR count). The molecule has 106 valence electrons. The summed E-state index contributed by atoms with van der Waals surface area (Å²) in [5, 5.41) is 12.0. The molecule has 2 N–H and O–H groups in total. The quantitative estimate of drug-likeness (QED) is 0.719. The van der Waals surface area contributed by atoms with Crippen LogP contribution in [0.25, 0.3) is 0 Å². The first-order valence-electron chi connectivity index (χ1n) is 6.61. The van der Waals surface area contributed by atoms with Crippen molar-refractivity contribution in [2.45, 2.75) is 32.6 Å². The number of methoxy groups -OCH3 is 1. The lowest BCUT2D eigenvalue weighted by Gasteiger charge is -2.14. The van der Waals surface area contributed by atoms with Crippen molar-refractivity contribution in [2.75, 3.05) is 19.0 Å². The molecule has 5 nitrogen and oxygen atoms in total. The number of carboxylic acid groups (broad SMARTS) is 1. The maximum Gasteiger partial charge on any atom is 0.303 e. The lowest BCUT2D eigenvalue weighted by Crippen LogP contribution is -2.10. The van der Waals surface area contributed by atoms with E-state index in [9.17, 15) is 4.79 Å². The minimum atomic E-state index is -0.717. The highest BCUT2D eigenvalue weighted by atomic mass is 16.5. The first-order valence-corrected chi connectivity index (χ1v) is 6.61. The van der Waals surface area contributed by atoms with Crippen LogP contribution in [0.1, 0.15) is 32.6 Å². The van der Waals surface area contributed by atoms with E-state index in [1.165, 1.54) is 0 Å². The molecule has 0 aliphatic rings. The first-order chi connectivity index (χ1) is 9.15. The summed E-state index contributed by atoms with van der Waals surface area (Å²) in [5.41, 5.74) is 0.972. The third-order valence-corrected chi connectivity index (χ3v) is 3.17. The zero-order valence-corrected chi connectivity index (χ0v) is 11.6. The number of anilines is 1. The lowest BCUT2D eigenvalue weighted by atomic mass is 9.96. The van der Waals surface area contributed by atoms with Crippen molar-refractivity contribution in [2.24, 2.45) is 5.92 Å². The summed E-state index contributed by atoms with van der Waals surface area (Å²) < 4.78 is 5.05. The number of aromatic nitrogens is 1. The topological polar surface area (TPSA) is 71.5 Å². The van der Waals surface area contributed by atoms with Crippen LogP contribution in [0.5, 0.6) is 5.88 Å². The molecule has 0 amide bonds. The standard InChI is InChI=1S/C14H22N2O3/c1-3-11(4-5-14(17)18)6-8-15-12-7-9-16-13(10-12)19-2/h7,9-11H,3-6,8H2,1-2H3,(H,15,16)(H,17,18). The lowest BCUT2D eigenvalue weighted by molar-refractivity contribution is -0.137. The first kappa shape index (κ1) is 15.3. The molecule has 1 atom stereocenters. The van der Waals surface area contributed by atoms with Crippen molar-refractivity contribution in [3.8, 4) is 5.88 Å². The number of carboxylic acids is 1. The Bertz CT molecular complexity index is 396. The number of nitrogens with one attached hydrogen (secondary N) is 1. The number of rotatable bonds is 9. The van der Waals surface area contributed by atoms with Crippen LogP contribution >= 0.6 is 0 Å². The van der Waals surface area contributed by atoms with Crippen LogP contribution in [-0.4, -0.2) is 29.7 Å². The fourth-order valence-electron chi connectivity index (χ4n) is 1.93. The number of aliphatic carboxylic acids is 1. The van der Waals surface area contributed by atoms with Crippen molar-refractivity contribution in [1.29, 1.82) is 0 Å². The predicted molar refractivity (Wildman–Crippen MR) is 74.5 cm³/mol. The molecule has 0 spiro atoms. The third kappa shape index (κ3) is 6.08. The van der Waals surface area contributed by atoms with Crippen LogP contribution in [0.4, 0.5) is 5.69 Å². The van der Waals surface area contributed by atoms with Gasteiger partial charge in [0, 0.05) is 30.9 Å². The van der Waals surface area contributed by atoms with E-state index in [-0.39, 0.29) is 6.42 Å². The van der Waals surface area contributed by atoms with Gasteiger partial charge in [-0.3, -0.25) is 4.79 Å². The summed E-state index contributed by atoms with van der Waals surface area (Å²) in [6, 6.07) is 3.74. The van der Waals surface area contributed by atoms with E-state index in [1.807, 2.05) is 12.1 Å². The molecule has 5 heteroatoms. The smallest absolute Gasteiger partial charge is 0.303 e.